The van der Waals surface area contributed by atoms with E-state index < -0.39 is 0 Å². The Morgan fingerprint density at radius 1 is 0.647 bits per heavy atom. The molecule has 0 radical (unpaired) electrons. The van der Waals surface area contributed by atoms with Crippen LogP contribution in [0.15, 0.2) is 21.4 Å². The second-order valence-corrected chi connectivity index (χ2v) is 0.798. The molecule has 0 aliphatic carbocycles. The van der Waals surface area contributed by atoms with E-state index in [0.29, 0.717) is 0 Å². The molecule has 0 saturated heterocycles. The molecule has 0 aliphatic rings. The third kappa shape index (κ3) is 2140. The molecule has 0 fully saturated rings. The van der Waals surface area contributed by atoms with Crippen molar-refractivity contribution in [3.05, 3.63) is 51.9 Å². The van der Waals surface area contributed by atoms with E-state index in [1.54, 1.807) is 0 Å². The summed E-state index contributed by atoms with van der Waals surface area (Å²) in [5.41, 5.74) is 12.5. The van der Waals surface area contributed by atoms with Crippen molar-refractivity contribution >= 4 is 0 Å². The second kappa shape index (κ2) is 147. The first kappa shape index (κ1) is 36.3. The first-order valence-corrected chi connectivity index (χ1v) is 2.67. The van der Waals surface area contributed by atoms with Gasteiger partial charge in [0.2, 0.25) is 0 Å². The number of rotatable bonds is 1. The summed E-state index contributed by atoms with van der Waals surface area (Å²) in [4.78, 5) is 32.0. The van der Waals surface area contributed by atoms with E-state index in [1.165, 1.54) is 0 Å². The molecular formula is C2H6CoN6O8-3. The van der Waals surface area contributed by atoms with E-state index in [9.17, 15) is 0 Å². The summed E-state index contributed by atoms with van der Waals surface area (Å²) in [5, 5.41) is 36.0. The Kier molecular flexibility index (Phi) is 313. The zero-order chi connectivity index (χ0) is 14.2. The van der Waals surface area contributed by atoms with Gasteiger partial charge in [0.15, 0.2) is 0 Å². The first-order chi connectivity index (χ1) is 7.57. The molecule has 0 aromatic heterocycles. The minimum atomic E-state index is 0. The molecular weight excluding hydrogens is 295 g/mol. The molecule has 0 amide bonds. The second-order valence-electron chi connectivity index (χ2n) is 0.798. The minimum Gasteiger partial charge on any atom is -0.679 e. The molecule has 104 valence electrons. The maximum atomic E-state index is 8.00. The van der Waals surface area contributed by atoms with Crippen LogP contribution in [0.25, 0.3) is 11.5 Å². The van der Waals surface area contributed by atoms with Crippen LogP contribution in [0.2, 0.25) is 0 Å². The Morgan fingerprint density at radius 3 is 0.706 bits per heavy atom. The van der Waals surface area contributed by atoms with Gasteiger partial charge in [-0.05, 0) is 0 Å². The Labute approximate surface area is 104 Å². The number of nitrogens with zero attached hydrogens (tertiary/aromatic N) is 4. The predicted molar refractivity (Wildman–Crippen MR) is 55.0 cm³/mol. The molecule has 2 N–H and O–H groups in total. The summed E-state index contributed by atoms with van der Waals surface area (Å²) in [7, 11) is 0. The van der Waals surface area contributed by atoms with Crippen molar-refractivity contribution in [3.8, 4) is 0 Å². The van der Waals surface area contributed by atoms with E-state index in [4.69, 9.17) is 51.9 Å². The third-order valence-corrected chi connectivity index (χ3v) is 0.125. The van der Waals surface area contributed by atoms with Crippen molar-refractivity contribution in [2.24, 2.45) is 21.4 Å². The third-order valence-electron chi connectivity index (χ3n) is 0.125. The van der Waals surface area contributed by atoms with Crippen LogP contribution < -0.4 is 0 Å². The average molecular weight is 301 g/mol. The van der Waals surface area contributed by atoms with Crippen LogP contribution >= 0.6 is 0 Å². The van der Waals surface area contributed by atoms with Gasteiger partial charge in [-0.2, -0.15) is 13.1 Å². The van der Waals surface area contributed by atoms with Crippen molar-refractivity contribution in [1.82, 2.24) is 0 Å². The standard InChI is InChI=1S/C2H6N2.Co.4HNO2/c3-1-2-4;;4*2-1-3/h3-4H,1-2H2;;4*(H,2,3)/q-2;+3;;;;/p-4. The number of hydrogen-bond donors (Lipinski definition) is 0. The topological polar surface area (TPSA) is 258 Å². The van der Waals surface area contributed by atoms with Gasteiger partial charge in [0.05, 0.1) is 0 Å². The van der Waals surface area contributed by atoms with Crippen LogP contribution in [0.1, 0.15) is 0 Å². The molecule has 0 atom stereocenters. The number of hydrogen-bond acceptors (Lipinski definition) is 12. The van der Waals surface area contributed by atoms with Gasteiger partial charge < -0.3 is 51.9 Å². The Hall–Kier alpha value is -1.97. The van der Waals surface area contributed by atoms with Crippen LogP contribution in [-0.2, 0) is 16.8 Å². The molecule has 0 aromatic carbocycles. The fourth-order valence-electron chi connectivity index (χ4n) is 0. The van der Waals surface area contributed by atoms with Crippen molar-refractivity contribution in [2.45, 2.75) is 0 Å². The average Bonchev–Trinajstić information content (AvgIpc) is 2.22. The Balaban J connectivity index is -0.0000000221. The zero-order valence-electron chi connectivity index (χ0n) is 7.80. The van der Waals surface area contributed by atoms with Crippen molar-refractivity contribution in [3.63, 3.8) is 0 Å². The summed E-state index contributed by atoms with van der Waals surface area (Å²) >= 11 is 0. The minimum absolute atomic E-state index is 0. The first-order valence-electron chi connectivity index (χ1n) is 2.67. The van der Waals surface area contributed by atoms with Gasteiger partial charge in [-0.3, -0.25) is 0 Å². The fourth-order valence-corrected chi connectivity index (χ4v) is 0. The fraction of sp³-hybridized carbons (Fsp3) is 1.00. The van der Waals surface area contributed by atoms with Crippen LogP contribution in [-0.4, -0.2) is 13.1 Å². The quantitative estimate of drug-likeness (QED) is 0.509. The van der Waals surface area contributed by atoms with E-state index in [0.717, 1.165) is 21.4 Å². The summed E-state index contributed by atoms with van der Waals surface area (Å²) in [6, 6.07) is 0. The molecule has 15 heteroatoms. The monoisotopic (exact) mass is 301 g/mol. The SMILES string of the molecule is O=N[O-].O=N[O-].O=N[O-].O=N[O-].[Co+3].[NH-]CC[NH-]. The summed E-state index contributed by atoms with van der Waals surface area (Å²) in [6.45, 7) is 0.472. The Morgan fingerprint density at radius 2 is 0.706 bits per heavy atom. The normalized spacial score (nSPS) is 4.59. The van der Waals surface area contributed by atoms with Crippen LogP contribution in [0, 0.1) is 40.5 Å². The molecule has 17 heavy (non-hydrogen) atoms. The van der Waals surface area contributed by atoms with E-state index in [-0.39, 0.29) is 29.9 Å². The van der Waals surface area contributed by atoms with Gasteiger partial charge in [-0.1, -0.05) is 0 Å². The smallest absolute Gasteiger partial charge is 0.679 e. The molecule has 0 unspecified atom stereocenters. The van der Waals surface area contributed by atoms with E-state index >= 15 is 0 Å². The molecule has 0 bridgehead atoms. The molecule has 0 saturated carbocycles. The van der Waals surface area contributed by atoms with Gasteiger partial charge in [-0.25, -0.2) is 0 Å². The predicted octanol–water partition coefficient (Wildman–Crippen LogP) is 2.09. The maximum Gasteiger partial charge on any atom is 3.00 e. The van der Waals surface area contributed by atoms with Gasteiger partial charge >= 0.3 is 16.8 Å². The maximum absolute atomic E-state index is 8.00. The summed E-state index contributed by atoms with van der Waals surface area (Å²) < 4.78 is 0. The van der Waals surface area contributed by atoms with E-state index in [2.05, 4.69) is 0 Å². The molecule has 0 spiro atoms. The molecule has 0 aromatic rings. The van der Waals surface area contributed by atoms with Gasteiger partial charge in [0.1, 0.15) is 0 Å². The van der Waals surface area contributed by atoms with E-state index in [1.807, 2.05) is 0 Å². The van der Waals surface area contributed by atoms with Gasteiger partial charge in [0.25, 0.3) is 0 Å². The molecule has 0 aliphatic heterocycles. The van der Waals surface area contributed by atoms with Crippen LogP contribution in [0.3, 0.4) is 0 Å². The molecule has 0 rings (SSSR count). The summed E-state index contributed by atoms with van der Waals surface area (Å²) in [6.07, 6.45) is 0. The van der Waals surface area contributed by atoms with Crippen LogP contribution in [0.4, 0.5) is 0 Å². The van der Waals surface area contributed by atoms with Gasteiger partial charge in [0, 0.05) is 0 Å². The molecule has 14 nitrogen and oxygen atoms in total. The van der Waals surface area contributed by atoms with Crippen LogP contribution in [0.5, 0.6) is 0 Å². The number of nitrogens with one attached hydrogen (secondary N) is 2. The largest absolute Gasteiger partial charge is 3.00 e. The van der Waals surface area contributed by atoms with Gasteiger partial charge in [-0.15, -0.1) is 21.4 Å². The Bertz CT molecular complexity index is 101. The van der Waals surface area contributed by atoms with Crippen molar-refractivity contribution < 1.29 is 16.8 Å². The van der Waals surface area contributed by atoms with Crippen molar-refractivity contribution in [2.75, 3.05) is 13.1 Å². The van der Waals surface area contributed by atoms with Crippen molar-refractivity contribution in [1.29, 1.82) is 0 Å². The molecule has 0 heterocycles. The zero-order valence-corrected chi connectivity index (χ0v) is 8.84. The summed E-state index contributed by atoms with van der Waals surface area (Å²) in [5.74, 6) is 0.